The molecule has 0 bridgehead atoms. The smallest absolute Gasteiger partial charge is 0.330 e. The van der Waals surface area contributed by atoms with E-state index in [1.54, 1.807) is 0 Å². The summed E-state index contributed by atoms with van der Waals surface area (Å²) in [5.41, 5.74) is 5.39. The van der Waals surface area contributed by atoms with Crippen molar-refractivity contribution in [1.29, 1.82) is 0 Å². The highest BCUT2D eigenvalue weighted by molar-refractivity contribution is 8.07. The first-order valence-electron chi connectivity index (χ1n) is 11.7. The van der Waals surface area contributed by atoms with E-state index in [0.29, 0.717) is 0 Å². The maximum atomic E-state index is 12.2. The van der Waals surface area contributed by atoms with E-state index in [-0.39, 0.29) is 29.0 Å². The van der Waals surface area contributed by atoms with Gasteiger partial charge in [-0.3, -0.25) is 23.4 Å². The Morgan fingerprint density at radius 3 is 2.74 bits per heavy atom. The van der Waals surface area contributed by atoms with E-state index in [4.69, 9.17) is 36.1 Å². The number of fused-ring (bicyclic) bond motifs is 1. The van der Waals surface area contributed by atoms with Crippen LogP contribution in [-0.2, 0) is 30.3 Å². The van der Waals surface area contributed by atoms with Gasteiger partial charge in [0, 0.05) is 18.2 Å². The molecule has 0 aromatic carbocycles. The van der Waals surface area contributed by atoms with Gasteiger partial charge in [0.25, 0.3) is 5.56 Å². The lowest BCUT2D eigenvalue weighted by atomic mass is 10.1. The Bertz CT molecular complexity index is 1530. The van der Waals surface area contributed by atoms with Crippen LogP contribution in [0, 0.1) is 6.92 Å². The molecule has 8 atom stereocenters. The minimum atomic E-state index is -4.08. The molecule has 212 valence electrons. The molecule has 2 aliphatic rings. The van der Waals surface area contributed by atoms with Gasteiger partial charge >= 0.3 is 12.4 Å². The van der Waals surface area contributed by atoms with Crippen molar-refractivity contribution < 1.29 is 38.7 Å². The number of nitrogens with zero attached hydrogens (tertiary/aromatic N) is 5. The standard InChI is InChI=1S/C20H26N7O10PS/c1-8-3-26(20(32)25-18(8)31)12-2-9(29)11(35-12)5-34-38(33,39)37-15-10(4-28)36-19(14(15)30)27-7-24-13-16(21)22-6-23-17(13)27/h3,6-7,9-12,14-15,19,28-30H,2,4-5H2,1H3,(H,33,39)(H2,21,22,23)(H,25,31,32)/t9-,10+,11+,12+,14+,15+,19+,38?/m0/s1. The Kier molecular flexibility index (Phi) is 7.68. The third-order valence-electron chi connectivity index (χ3n) is 6.47. The van der Waals surface area contributed by atoms with E-state index >= 15 is 0 Å². The fourth-order valence-electron chi connectivity index (χ4n) is 4.47. The van der Waals surface area contributed by atoms with Crippen molar-refractivity contribution in [3.05, 3.63) is 45.3 Å². The van der Waals surface area contributed by atoms with Crippen LogP contribution in [0.15, 0.2) is 28.4 Å². The van der Waals surface area contributed by atoms with E-state index in [1.807, 2.05) is 0 Å². The summed E-state index contributed by atoms with van der Waals surface area (Å²) in [5, 5.41) is 31.2. The minimum Gasteiger partial charge on any atom is -0.394 e. The van der Waals surface area contributed by atoms with Crippen LogP contribution < -0.4 is 17.0 Å². The fourth-order valence-corrected chi connectivity index (χ4v) is 5.92. The number of rotatable bonds is 8. The number of nitrogens with one attached hydrogen (secondary N) is 1. The van der Waals surface area contributed by atoms with E-state index in [9.17, 15) is 29.8 Å². The predicted octanol–water partition coefficient (Wildman–Crippen LogP) is -2.22. The number of hydrogen-bond donors (Lipinski definition) is 6. The van der Waals surface area contributed by atoms with Gasteiger partial charge in [-0.2, -0.15) is 0 Å². The molecule has 2 saturated heterocycles. The molecule has 17 nitrogen and oxygen atoms in total. The lowest BCUT2D eigenvalue weighted by Gasteiger charge is -2.26. The monoisotopic (exact) mass is 587 g/mol. The van der Waals surface area contributed by atoms with Crippen molar-refractivity contribution in [3.8, 4) is 0 Å². The number of nitrogens with two attached hydrogens (primary N) is 1. The maximum Gasteiger partial charge on any atom is 0.330 e. The average molecular weight is 588 g/mol. The molecule has 0 spiro atoms. The van der Waals surface area contributed by atoms with Crippen LogP contribution >= 0.6 is 6.72 Å². The summed E-state index contributed by atoms with van der Waals surface area (Å²) in [6, 6.07) is 0. The van der Waals surface area contributed by atoms with Crippen LogP contribution in [-0.4, -0.2) is 93.0 Å². The molecule has 5 rings (SSSR count). The quantitative estimate of drug-likeness (QED) is 0.153. The van der Waals surface area contributed by atoms with Crippen molar-refractivity contribution in [3.63, 3.8) is 0 Å². The second-order valence-corrected chi connectivity index (χ2v) is 11.9. The summed E-state index contributed by atoms with van der Waals surface area (Å²) < 4.78 is 24.9. The van der Waals surface area contributed by atoms with Crippen LogP contribution in [0.3, 0.4) is 0 Å². The van der Waals surface area contributed by atoms with Gasteiger partial charge in [0.05, 0.1) is 25.6 Å². The van der Waals surface area contributed by atoms with Crippen molar-refractivity contribution >= 4 is 35.5 Å². The zero-order valence-electron chi connectivity index (χ0n) is 20.3. The Morgan fingerprint density at radius 2 is 2.00 bits per heavy atom. The van der Waals surface area contributed by atoms with Gasteiger partial charge in [-0.25, -0.2) is 19.7 Å². The first-order chi connectivity index (χ1) is 18.5. The summed E-state index contributed by atoms with van der Waals surface area (Å²) in [6.07, 6.45) is -4.10. The second-order valence-electron chi connectivity index (χ2n) is 9.07. The number of anilines is 1. The fraction of sp³-hybridized carbons (Fsp3) is 0.550. The number of aliphatic hydroxyl groups excluding tert-OH is 3. The van der Waals surface area contributed by atoms with Crippen molar-refractivity contribution in [2.75, 3.05) is 18.9 Å². The van der Waals surface area contributed by atoms with Gasteiger partial charge in [-0.1, -0.05) is 0 Å². The molecule has 0 radical (unpaired) electrons. The van der Waals surface area contributed by atoms with Gasteiger partial charge in [0.15, 0.2) is 17.7 Å². The van der Waals surface area contributed by atoms with Crippen LogP contribution in [0.4, 0.5) is 5.82 Å². The maximum absolute atomic E-state index is 12.2. The van der Waals surface area contributed by atoms with Gasteiger partial charge in [0.2, 0.25) is 0 Å². The van der Waals surface area contributed by atoms with Crippen LogP contribution in [0.25, 0.3) is 11.2 Å². The predicted molar refractivity (Wildman–Crippen MR) is 135 cm³/mol. The summed E-state index contributed by atoms with van der Waals surface area (Å²) in [5.74, 6) is 0.121. The molecule has 0 aliphatic carbocycles. The molecule has 19 heteroatoms. The van der Waals surface area contributed by atoms with Gasteiger partial charge in [0.1, 0.15) is 42.5 Å². The first kappa shape index (κ1) is 27.9. The summed E-state index contributed by atoms with van der Waals surface area (Å²) >= 11 is 5.10. The Morgan fingerprint density at radius 1 is 1.23 bits per heavy atom. The van der Waals surface area contributed by atoms with Crippen LogP contribution in [0.5, 0.6) is 0 Å². The molecule has 39 heavy (non-hydrogen) atoms. The van der Waals surface area contributed by atoms with Gasteiger partial charge in [-0.05, 0) is 18.7 Å². The lowest BCUT2D eigenvalue weighted by molar-refractivity contribution is -0.0533. The van der Waals surface area contributed by atoms with Crippen molar-refractivity contribution in [1.82, 2.24) is 29.1 Å². The topological polar surface area (TPSA) is 242 Å². The minimum absolute atomic E-state index is 0.00491. The highest BCUT2D eigenvalue weighted by Crippen LogP contribution is 2.49. The van der Waals surface area contributed by atoms with Gasteiger partial charge < -0.3 is 39.9 Å². The average Bonchev–Trinajstić information content (AvgIpc) is 3.56. The Balaban J connectivity index is 1.25. The third-order valence-corrected chi connectivity index (χ3v) is 8.03. The molecule has 3 aromatic rings. The van der Waals surface area contributed by atoms with Crippen molar-refractivity contribution in [2.24, 2.45) is 0 Å². The zero-order valence-corrected chi connectivity index (χ0v) is 22.0. The molecule has 0 amide bonds. The third kappa shape index (κ3) is 5.40. The molecular formula is C20H26N7O10PS. The summed E-state index contributed by atoms with van der Waals surface area (Å²) in [6.45, 7) is -3.56. The normalized spacial score (nSPS) is 30.6. The van der Waals surface area contributed by atoms with Crippen LogP contribution in [0.1, 0.15) is 24.4 Å². The molecule has 3 aromatic heterocycles. The highest BCUT2D eigenvalue weighted by atomic mass is 32.5. The lowest BCUT2D eigenvalue weighted by Crippen LogP contribution is -2.36. The molecule has 0 saturated carbocycles. The second kappa shape index (κ2) is 10.7. The van der Waals surface area contributed by atoms with E-state index < -0.39 is 74.2 Å². The van der Waals surface area contributed by atoms with Gasteiger partial charge in [-0.15, -0.1) is 0 Å². The number of hydrogen-bond acceptors (Lipinski definition) is 14. The number of ether oxygens (including phenoxy) is 2. The molecule has 2 aliphatic heterocycles. The Labute approximate surface area is 224 Å². The SMILES string of the molecule is Cc1cn([C@H]2C[C@H](O)[C@@H](COP(O)(=S)O[C@H]3[C@@H](O)[C@H](n4cnc5c(N)ncnc54)O[C@@H]3CO)O2)c(=O)[nH]c1=O. The summed E-state index contributed by atoms with van der Waals surface area (Å²) in [7, 11) is 0. The number of nitrogen functional groups attached to an aromatic ring is 1. The number of aliphatic hydroxyl groups is 3. The summed E-state index contributed by atoms with van der Waals surface area (Å²) in [4.78, 5) is 48.8. The molecular weight excluding hydrogens is 561 g/mol. The van der Waals surface area contributed by atoms with Crippen LogP contribution in [0.2, 0.25) is 0 Å². The molecule has 5 heterocycles. The van der Waals surface area contributed by atoms with E-state index in [0.717, 1.165) is 4.57 Å². The highest BCUT2D eigenvalue weighted by Gasteiger charge is 2.48. The Hall–Kier alpha value is -2.64. The number of H-pyrrole nitrogens is 1. The number of imidazole rings is 1. The van der Waals surface area contributed by atoms with Crippen molar-refractivity contribution in [2.45, 2.75) is 56.3 Å². The molecule has 7 N–H and O–H groups in total. The molecule has 1 unspecified atom stereocenters. The number of aryl methyl sites for hydroxylation is 1. The number of aromatic amines is 1. The van der Waals surface area contributed by atoms with E-state index in [1.165, 1.54) is 30.3 Å². The number of aromatic nitrogens is 6. The first-order valence-corrected chi connectivity index (χ1v) is 14.3. The zero-order chi connectivity index (χ0) is 28.1. The molecule has 2 fully saturated rings. The largest absolute Gasteiger partial charge is 0.394 e. The van der Waals surface area contributed by atoms with E-state index in [2.05, 4.69) is 19.9 Å².